The molecule has 2 rings (SSSR count). The number of thiophene rings is 1. The molecule has 0 bridgehead atoms. The molecule has 116 valence electrons. The number of carbonyl (C=O) groups is 2. The highest BCUT2D eigenvalue weighted by molar-refractivity contribution is 7.13. The molecule has 2 heterocycles. The van der Waals surface area contributed by atoms with Crippen LogP contribution in [0.1, 0.15) is 15.2 Å². The Morgan fingerprint density at radius 2 is 2.05 bits per heavy atom. The Labute approximate surface area is 127 Å². The number of nitrogens with zero attached hydrogens (tertiary/aromatic N) is 1. The van der Waals surface area contributed by atoms with E-state index in [1.165, 1.54) is 0 Å². The van der Waals surface area contributed by atoms with Gasteiger partial charge >= 0.3 is 12.1 Å². The third kappa shape index (κ3) is 3.01. The van der Waals surface area contributed by atoms with Crippen LogP contribution in [0.15, 0.2) is 5.38 Å². The molecule has 2 atom stereocenters. The van der Waals surface area contributed by atoms with Crippen molar-refractivity contribution < 1.29 is 27.9 Å². The van der Waals surface area contributed by atoms with Gasteiger partial charge in [0.2, 0.25) is 0 Å². The summed E-state index contributed by atoms with van der Waals surface area (Å²) in [5.74, 6) is -5.91. The maximum absolute atomic E-state index is 12.9. The fourth-order valence-electron chi connectivity index (χ4n) is 2.27. The minimum absolute atomic E-state index is 0.140. The van der Waals surface area contributed by atoms with E-state index in [0.29, 0.717) is 5.56 Å². The molecule has 0 aromatic carbocycles. The summed E-state index contributed by atoms with van der Waals surface area (Å²) in [6, 6.07) is 0. The molecule has 0 spiro atoms. The SMILES string of the molecule is Cc1csc(C(=O)N2C[C@@H](C(F)(F)F)[C@H](C(=O)O)C2)c1Cl. The van der Waals surface area contributed by atoms with E-state index < -0.39 is 43.0 Å². The third-order valence-electron chi connectivity index (χ3n) is 3.44. The Morgan fingerprint density at radius 1 is 1.43 bits per heavy atom. The number of aryl methyl sites for hydroxylation is 1. The summed E-state index contributed by atoms with van der Waals surface area (Å²) < 4.78 is 38.6. The summed E-state index contributed by atoms with van der Waals surface area (Å²) in [7, 11) is 0. The molecule has 4 nitrogen and oxygen atoms in total. The highest BCUT2D eigenvalue weighted by Gasteiger charge is 2.53. The third-order valence-corrected chi connectivity index (χ3v) is 5.12. The standard InChI is InChI=1S/C12H11ClF3NO3S/c1-5-4-21-9(8(5)13)10(18)17-2-6(11(19)20)7(3-17)12(14,15)16/h4,6-7H,2-3H2,1H3,(H,19,20)/t6-,7-/m1/s1. The first-order chi connectivity index (χ1) is 9.62. The number of hydrogen-bond donors (Lipinski definition) is 1. The van der Waals surface area contributed by atoms with E-state index in [0.717, 1.165) is 16.2 Å². The first-order valence-corrected chi connectivity index (χ1v) is 7.21. The lowest BCUT2D eigenvalue weighted by Crippen LogP contribution is -2.34. The number of carboxylic acid groups (broad SMARTS) is 1. The van der Waals surface area contributed by atoms with Crippen LogP contribution in [0.25, 0.3) is 0 Å². The van der Waals surface area contributed by atoms with E-state index in [4.69, 9.17) is 16.7 Å². The number of likely N-dealkylation sites (tertiary alicyclic amines) is 1. The summed E-state index contributed by atoms with van der Waals surface area (Å²) in [6.07, 6.45) is -4.66. The van der Waals surface area contributed by atoms with Gasteiger partial charge in [0.15, 0.2) is 0 Å². The van der Waals surface area contributed by atoms with Crippen molar-refractivity contribution >= 4 is 34.8 Å². The molecule has 0 saturated carbocycles. The zero-order valence-electron chi connectivity index (χ0n) is 10.8. The molecule has 1 saturated heterocycles. The number of amides is 1. The van der Waals surface area contributed by atoms with Crippen LogP contribution in [0.3, 0.4) is 0 Å². The van der Waals surface area contributed by atoms with Gasteiger partial charge in [-0.15, -0.1) is 11.3 Å². The van der Waals surface area contributed by atoms with Crippen molar-refractivity contribution in [3.8, 4) is 0 Å². The van der Waals surface area contributed by atoms with Gasteiger partial charge in [-0.3, -0.25) is 9.59 Å². The zero-order chi connectivity index (χ0) is 15.9. The lowest BCUT2D eigenvalue weighted by Gasteiger charge is -2.18. The first kappa shape index (κ1) is 16.1. The zero-order valence-corrected chi connectivity index (χ0v) is 12.3. The average molecular weight is 342 g/mol. The van der Waals surface area contributed by atoms with Crippen molar-refractivity contribution in [3.05, 3.63) is 20.8 Å². The molecule has 1 fully saturated rings. The van der Waals surface area contributed by atoms with Crippen LogP contribution in [0.2, 0.25) is 5.02 Å². The van der Waals surface area contributed by atoms with Crippen LogP contribution in [0, 0.1) is 18.8 Å². The normalized spacial score (nSPS) is 22.6. The second-order valence-corrected chi connectivity index (χ2v) is 6.12. The van der Waals surface area contributed by atoms with Crippen molar-refractivity contribution in [1.29, 1.82) is 0 Å². The van der Waals surface area contributed by atoms with Crippen LogP contribution in [0.5, 0.6) is 0 Å². The molecule has 9 heteroatoms. The quantitative estimate of drug-likeness (QED) is 0.899. The maximum atomic E-state index is 12.9. The van der Waals surface area contributed by atoms with Gasteiger partial charge in [0, 0.05) is 13.1 Å². The number of hydrogen-bond acceptors (Lipinski definition) is 3. The van der Waals surface area contributed by atoms with Crippen molar-refractivity contribution in [1.82, 2.24) is 4.90 Å². The molecule has 1 N–H and O–H groups in total. The second-order valence-electron chi connectivity index (χ2n) is 4.86. The summed E-state index contributed by atoms with van der Waals surface area (Å²) in [5.41, 5.74) is 0.659. The molecule has 1 aromatic heterocycles. The predicted molar refractivity (Wildman–Crippen MR) is 70.6 cm³/mol. The van der Waals surface area contributed by atoms with Crippen molar-refractivity contribution in [2.45, 2.75) is 13.1 Å². The Balaban J connectivity index is 2.25. The van der Waals surface area contributed by atoms with Gasteiger partial charge in [0.05, 0.1) is 16.9 Å². The van der Waals surface area contributed by atoms with E-state index in [9.17, 15) is 22.8 Å². The topological polar surface area (TPSA) is 57.6 Å². The molecular weight excluding hydrogens is 331 g/mol. The van der Waals surface area contributed by atoms with Gasteiger partial charge < -0.3 is 10.0 Å². The minimum Gasteiger partial charge on any atom is -0.481 e. The van der Waals surface area contributed by atoms with Crippen LogP contribution in [0.4, 0.5) is 13.2 Å². The Morgan fingerprint density at radius 3 is 2.43 bits per heavy atom. The number of halogens is 4. The van der Waals surface area contributed by atoms with E-state index in [1.54, 1.807) is 12.3 Å². The molecule has 0 radical (unpaired) electrons. The van der Waals surface area contributed by atoms with Crippen LogP contribution < -0.4 is 0 Å². The largest absolute Gasteiger partial charge is 0.481 e. The molecule has 0 unspecified atom stereocenters. The molecule has 1 aliphatic rings. The van der Waals surface area contributed by atoms with Gasteiger partial charge in [-0.05, 0) is 17.9 Å². The van der Waals surface area contributed by atoms with E-state index in [1.807, 2.05) is 0 Å². The lowest BCUT2D eigenvalue weighted by molar-refractivity contribution is -0.187. The van der Waals surface area contributed by atoms with Crippen molar-refractivity contribution in [2.75, 3.05) is 13.1 Å². The number of carboxylic acids is 1. The number of alkyl halides is 3. The van der Waals surface area contributed by atoms with Gasteiger partial charge in [-0.2, -0.15) is 13.2 Å². The number of aliphatic carboxylic acids is 1. The Bertz CT molecular complexity index is 587. The Kier molecular flexibility index (Phi) is 4.21. The predicted octanol–water partition coefficient (Wildman–Crippen LogP) is 3.05. The van der Waals surface area contributed by atoms with Gasteiger partial charge in [-0.25, -0.2) is 0 Å². The van der Waals surface area contributed by atoms with Crippen LogP contribution in [-0.2, 0) is 4.79 Å². The van der Waals surface area contributed by atoms with Crippen LogP contribution >= 0.6 is 22.9 Å². The summed E-state index contributed by atoms with van der Waals surface area (Å²) in [5, 5.41) is 10.7. The highest BCUT2D eigenvalue weighted by atomic mass is 35.5. The van der Waals surface area contributed by atoms with Gasteiger partial charge in [-0.1, -0.05) is 11.6 Å². The summed E-state index contributed by atoms with van der Waals surface area (Å²) >= 11 is 6.97. The van der Waals surface area contributed by atoms with Gasteiger partial charge in [0.1, 0.15) is 4.88 Å². The maximum Gasteiger partial charge on any atom is 0.394 e. The summed E-state index contributed by atoms with van der Waals surface area (Å²) in [4.78, 5) is 24.2. The average Bonchev–Trinajstić information content (AvgIpc) is 2.94. The fraction of sp³-hybridized carbons (Fsp3) is 0.500. The molecule has 1 aliphatic heterocycles. The first-order valence-electron chi connectivity index (χ1n) is 5.95. The lowest BCUT2D eigenvalue weighted by atomic mass is 9.96. The van der Waals surface area contributed by atoms with E-state index in [2.05, 4.69) is 0 Å². The smallest absolute Gasteiger partial charge is 0.394 e. The fourth-order valence-corrected chi connectivity index (χ4v) is 3.51. The Hall–Kier alpha value is -1.28. The molecule has 21 heavy (non-hydrogen) atoms. The van der Waals surface area contributed by atoms with Crippen molar-refractivity contribution in [2.24, 2.45) is 11.8 Å². The minimum atomic E-state index is -4.66. The van der Waals surface area contributed by atoms with E-state index >= 15 is 0 Å². The van der Waals surface area contributed by atoms with Crippen molar-refractivity contribution in [3.63, 3.8) is 0 Å². The van der Waals surface area contributed by atoms with Crippen LogP contribution in [-0.4, -0.2) is 41.1 Å². The highest BCUT2D eigenvalue weighted by Crippen LogP contribution is 2.39. The number of carbonyl (C=O) groups excluding carboxylic acids is 1. The second kappa shape index (κ2) is 5.49. The monoisotopic (exact) mass is 341 g/mol. The summed E-state index contributed by atoms with van der Waals surface area (Å²) in [6.45, 7) is 0.552. The van der Waals surface area contributed by atoms with E-state index in [-0.39, 0.29) is 9.90 Å². The van der Waals surface area contributed by atoms with Gasteiger partial charge in [0.25, 0.3) is 5.91 Å². The molecular formula is C12H11ClF3NO3S. The molecule has 1 amide bonds. The molecule has 1 aromatic rings. The molecule has 0 aliphatic carbocycles. The number of rotatable bonds is 2.